The maximum Gasteiger partial charge on any atom is 0.240 e. The van der Waals surface area contributed by atoms with Crippen LogP contribution in [-0.2, 0) is 21.4 Å². The average Bonchev–Trinajstić information content (AvgIpc) is 2.53. The van der Waals surface area contributed by atoms with Gasteiger partial charge in [0.05, 0.1) is 10.6 Å². The minimum absolute atomic E-state index is 0.0999. The largest absolute Gasteiger partial charge is 0.325 e. The van der Waals surface area contributed by atoms with Crippen LogP contribution in [-0.4, -0.2) is 25.6 Å². The molecule has 0 saturated heterocycles. The van der Waals surface area contributed by atoms with Crippen molar-refractivity contribution in [1.82, 2.24) is 9.71 Å². The molecule has 0 unspecified atom stereocenters. The molecule has 6 nitrogen and oxygen atoms in total. The van der Waals surface area contributed by atoms with Crippen molar-refractivity contribution in [2.45, 2.75) is 23.3 Å². The summed E-state index contributed by atoms with van der Waals surface area (Å²) in [5.74, 6) is -0.252. The van der Waals surface area contributed by atoms with Gasteiger partial charge in [0.2, 0.25) is 15.9 Å². The first kappa shape index (κ1) is 17.5. The molecule has 2 aromatic rings. The summed E-state index contributed by atoms with van der Waals surface area (Å²) in [5.41, 5.74) is 1.24. The number of pyridine rings is 1. The molecule has 0 bridgehead atoms. The zero-order chi connectivity index (χ0) is 16.9. The quantitative estimate of drug-likeness (QED) is 0.779. The first-order chi connectivity index (χ1) is 10.9. The van der Waals surface area contributed by atoms with Crippen molar-refractivity contribution >= 4 is 33.4 Å². The van der Waals surface area contributed by atoms with E-state index in [0.717, 1.165) is 10.5 Å². The Hall–Kier alpha value is -1.90. The first-order valence-electron chi connectivity index (χ1n) is 6.76. The second-order valence-corrected chi connectivity index (χ2v) is 7.34. The molecular weight excluding hydrogens is 334 g/mol. The molecule has 0 radical (unpaired) electrons. The van der Waals surface area contributed by atoms with Crippen LogP contribution in [0, 0.1) is 0 Å². The lowest BCUT2D eigenvalue weighted by Gasteiger charge is -2.12. The average molecular weight is 351 g/mol. The van der Waals surface area contributed by atoms with Crippen LogP contribution >= 0.6 is 11.8 Å². The minimum Gasteiger partial charge on any atom is -0.325 e. The fourth-order valence-corrected chi connectivity index (χ4v) is 3.48. The summed E-state index contributed by atoms with van der Waals surface area (Å²) < 4.78 is 27.3. The summed E-state index contributed by atoms with van der Waals surface area (Å²) in [6.45, 7) is 1.53. The first-order valence-corrected chi connectivity index (χ1v) is 9.47. The third-order valence-corrected chi connectivity index (χ3v) is 5.18. The van der Waals surface area contributed by atoms with Gasteiger partial charge in [-0.3, -0.25) is 9.78 Å². The number of aromatic nitrogens is 1. The number of amides is 1. The van der Waals surface area contributed by atoms with Crippen LogP contribution in [0.25, 0.3) is 0 Å². The molecule has 0 saturated carbocycles. The van der Waals surface area contributed by atoms with Gasteiger partial charge in [-0.2, -0.15) is 0 Å². The number of anilines is 1. The molecule has 0 aliphatic carbocycles. The van der Waals surface area contributed by atoms with E-state index >= 15 is 0 Å². The minimum atomic E-state index is -3.68. The Labute approximate surface area is 139 Å². The predicted molar refractivity (Wildman–Crippen MR) is 90.8 cm³/mol. The van der Waals surface area contributed by atoms with Crippen LogP contribution < -0.4 is 10.0 Å². The molecule has 0 aliphatic rings. The summed E-state index contributed by atoms with van der Waals surface area (Å²) in [7, 11) is -3.68. The van der Waals surface area contributed by atoms with Gasteiger partial charge in [-0.25, -0.2) is 13.1 Å². The van der Waals surface area contributed by atoms with E-state index < -0.39 is 10.0 Å². The van der Waals surface area contributed by atoms with E-state index in [9.17, 15) is 13.2 Å². The predicted octanol–water partition coefficient (Wildman–Crippen LogP) is 2.24. The van der Waals surface area contributed by atoms with E-state index in [0.29, 0.717) is 5.69 Å². The van der Waals surface area contributed by atoms with E-state index in [1.54, 1.807) is 30.6 Å². The Morgan fingerprint density at radius 2 is 2.09 bits per heavy atom. The number of nitrogens with one attached hydrogen (secondary N) is 2. The van der Waals surface area contributed by atoms with Gasteiger partial charge < -0.3 is 5.32 Å². The van der Waals surface area contributed by atoms with Gasteiger partial charge >= 0.3 is 0 Å². The van der Waals surface area contributed by atoms with E-state index in [1.807, 2.05) is 6.26 Å². The van der Waals surface area contributed by atoms with E-state index in [2.05, 4.69) is 15.0 Å². The zero-order valence-corrected chi connectivity index (χ0v) is 14.4. The maximum absolute atomic E-state index is 12.4. The smallest absolute Gasteiger partial charge is 0.240 e. The number of nitrogens with zero attached hydrogens (tertiary/aromatic N) is 1. The monoisotopic (exact) mass is 351 g/mol. The van der Waals surface area contributed by atoms with Gasteiger partial charge in [-0.05, 0) is 36.1 Å². The molecule has 1 amide bonds. The summed E-state index contributed by atoms with van der Waals surface area (Å²) in [6, 6.07) is 8.18. The number of hydrogen-bond acceptors (Lipinski definition) is 5. The van der Waals surface area contributed by atoms with Gasteiger partial charge in [-0.15, -0.1) is 11.8 Å². The van der Waals surface area contributed by atoms with Gasteiger partial charge in [0.1, 0.15) is 0 Å². The van der Waals surface area contributed by atoms with E-state index in [-0.39, 0.29) is 17.3 Å². The molecular formula is C15H17N3O3S2. The van der Waals surface area contributed by atoms with Gasteiger partial charge in [0.15, 0.2) is 0 Å². The SMILES string of the molecule is CSc1ccc(S(=O)(=O)NCc2cccnc2)cc1NC(C)=O. The van der Waals surface area contributed by atoms with E-state index in [4.69, 9.17) is 0 Å². The number of rotatable bonds is 6. The Morgan fingerprint density at radius 1 is 1.30 bits per heavy atom. The highest BCUT2D eigenvalue weighted by Crippen LogP contribution is 2.28. The lowest BCUT2D eigenvalue weighted by atomic mass is 10.3. The van der Waals surface area contributed by atoms with Crippen LogP contribution in [0.15, 0.2) is 52.5 Å². The molecule has 23 heavy (non-hydrogen) atoms. The molecule has 1 aromatic carbocycles. The number of hydrogen-bond donors (Lipinski definition) is 2. The van der Waals surface area contributed by atoms with Crippen LogP contribution in [0.1, 0.15) is 12.5 Å². The second kappa shape index (κ2) is 7.58. The van der Waals surface area contributed by atoms with Crippen molar-refractivity contribution in [2.24, 2.45) is 0 Å². The van der Waals surface area contributed by atoms with Gasteiger partial charge in [-0.1, -0.05) is 6.07 Å². The van der Waals surface area contributed by atoms with Crippen LogP contribution in [0.3, 0.4) is 0 Å². The van der Waals surface area contributed by atoms with Gasteiger partial charge in [0, 0.05) is 30.8 Å². The number of thioether (sulfide) groups is 1. The number of benzene rings is 1. The Kier molecular flexibility index (Phi) is 5.75. The molecule has 0 atom stereocenters. The van der Waals surface area contributed by atoms with Crippen LogP contribution in [0.5, 0.6) is 0 Å². The molecule has 8 heteroatoms. The van der Waals surface area contributed by atoms with Crippen molar-refractivity contribution < 1.29 is 13.2 Å². The highest BCUT2D eigenvalue weighted by molar-refractivity contribution is 7.98. The van der Waals surface area contributed by atoms with Crippen molar-refractivity contribution in [1.29, 1.82) is 0 Å². The lowest BCUT2D eigenvalue weighted by Crippen LogP contribution is -2.23. The number of carbonyl (C=O) groups is 1. The Balaban J connectivity index is 2.23. The molecule has 0 fully saturated rings. The summed E-state index contributed by atoms with van der Waals surface area (Å²) in [6.07, 6.45) is 5.08. The summed E-state index contributed by atoms with van der Waals surface area (Å²) in [4.78, 5) is 16.1. The number of sulfonamides is 1. The van der Waals surface area contributed by atoms with Gasteiger partial charge in [0.25, 0.3) is 0 Å². The molecule has 1 aromatic heterocycles. The Morgan fingerprint density at radius 3 is 2.70 bits per heavy atom. The molecule has 0 spiro atoms. The summed E-state index contributed by atoms with van der Waals surface area (Å²) >= 11 is 1.43. The molecule has 2 rings (SSSR count). The maximum atomic E-state index is 12.4. The fourth-order valence-electron chi connectivity index (χ4n) is 1.91. The van der Waals surface area contributed by atoms with Crippen LogP contribution in [0.4, 0.5) is 5.69 Å². The van der Waals surface area contributed by atoms with Crippen molar-refractivity contribution in [3.63, 3.8) is 0 Å². The molecule has 1 heterocycles. The highest BCUT2D eigenvalue weighted by Gasteiger charge is 2.16. The second-order valence-electron chi connectivity index (χ2n) is 4.73. The highest BCUT2D eigenvalue weighted by atomic mass is 32.2. The van der Waals surface area contributed by atoms with E-state index in [1.165, 1.54) is 30.8 Å². The molecule has 2 N–H and O–H groups in total. The van der Waals surface area contributed by atoms with Crippen molar-refractivity contribution in [2.75, 3.05) is 11.6 Å². The Bertz CT molecular complexity index is 793. The fraction of sp³-hybridized carbons (Fsp3) is 0.200. The normalized spacial score (nSPS) is 11.2. The summed E-state index contributed by atoms with van der Waals surface area (Å²) in [5, 5.41) is 2.65. The lowest BCUT2D eigenvalue weighted by molar-refractivity contribution is -0.114. The molecule has 122 valence electrons. The van der Waals surface area contributed by atoms with Crippen molar-refractivity contribution in [3.05, 3.63) is 48.3 Å². The topological polar surface area (TPSA) is 88.2 Å². The zero-order valence-electron chi connectivity index (χ0n) is 12.7. The number of carbonyl (C=O) groups excluding carboxylic acids is 1. The third kappa shape index (κ3) is 4.78. The molecule has 0 aliphatic heterocycles. The van der Waals surface area contributed by atoms with Crippen LogP contribution in [0.2, 0.25) is 0 Å². The van der Waals surface area contributed by atoms with Crippen molar-refractivity contribution in [3.8, 4) is 0 Å². The standard InChI is InChI=1S/C15H17N3O3S2/c1-11(19)18-14-8-13(5-6-15(14)22-2)23(20,21)17-10-12-4-3-7-16-9-12/h3-9,17H,10H2,1-2H3,(H,18,19). The third-order valence-electron chi connectivity index (χ3n) is 2.98.